The molecule has 7 heteroatoms. The molecule has 0 saturated carbocycles. The summed E-state index contributed by atoms with van der Waals surface area (Å²) in [6.07, 6.45) is 5.44. The molecule has 0 bridgehead atoms. The number of terminal acetylenes is 1. The number of ether oxygens (including phenoxy) is 2. The third kappa shape index (κ3) is 2.88. The van der Waals surface area contributed by atoms with Gasteiger partial charge in [-0.15, -0.1) is 6.42 Å². The summed E-state index contributed by atoms with van der Waals surface area (Å²) in [6, 6.07) is 13.0. The lowest BCUT2D eigenvalue weighted by atomic mass is 10.2. The molecule has 0 aliphatic heterocycles. The molecule has 4 rings (SSSR count). The van der Waals surface area contributed by atoms with Gasteiger partial charge in [-0.3, -0.25) is 9.36 Å². The van der Waals surface area contributed by atoms with E-state index in [1.54, 1.807) is 37.0 Å². The highest BCUT2D eigenvalue weighted by molar-refractivity contribution is 7.99. The zero-order valence-corrected chi connectivity index (χ0v) is 16.2. The summed E-state index contributed by atoms with van der Waals surface area (Å²) in [5.74, 6) is 4.09. The fourth-order valence-electron chi connectivity index (χ4n) is 3.14. The Kier molecular flexibility index (Phi) is 4.72. The minimum atomic E-state index is -0.201. The molecule has 2 heterocycles. The van der Waals surface area contributed by atoms with Gasteiger partial charge < -0.3 is 14.5 Å². The Labute approximate surface area is 165 Å². The van der Waals surface area contributed by atoms with Crippen molar-refractivity contribution >= 4 is 33.7 Å². The highest BCUT2D eigenvalue weighted by Gasteiger charge is 2.18. The van der Waals surface area contributed by atoms with Crippen LogP contribution in [0.4, 0.5) is 0 Å². The Balaban J connectivity index is 2.04. The molecule has 28 heavy (non-hydrogen) atoms. The molecular formula is C21H17N3O3S. The van der Waals surface area contributed by atoms with Crippen LogP contribution < -0.4 is 15.0 Å². The Morgan fingerprint density at radius 2 is 1.96 bits per heavy atom. The fraction of sp³-hybridized carbons (Fsp3) is 0.143. The molecule has 0 saturated heterocycles. The highest BCUT2D eigenvalue weighted by Crippen LogP contribution is 2.31. The van der Waals surface area contributed by atoms with E-state index in [1.165, 1.54) is 11.8 Å². The maximum atomic E-state index is 13.4. The summed E-state index contributed by atoms with van der Waals surface area (Å²) in [6.45, 7) is 0. The number of methoxy groups -OCH3 is 2. The average Bonchev–Trinajstić information content (AvgIpc) is 3.11. The van der Waals surface area contributed by atoms with Crippen LogP contribution in [0.1, 0.15) is 0 Å². The minimum Gasteiger partial charge on any atom is -0.493 e. The lowest BCUT2D eigenvalue weighted by Crippen LogP contribution is -2.22. The molecular weight excluding hydrogens is 374 g/mol. The number of thioether (sulfide) groups is 1. The highest BCUT2D eigenvalue weighted by atomic mass is 32.2. The summed E-state index contributed by atoms with van der Waals surface area (Å²) >= 11 is 1.34. The number of H-pyrrole nitrogens is 1. The smallest absolute Gasteiger partial charge is 0.283 e. The molecule has 2 aromatic heterocycles. The normalized spacial score (nSPS) is 10.9. The van der Waals surface area contributed by atoms with Gasteiger partial charge in [0.25, 0.3) is 5.56 Å². The number of fused-ring (bicyclic) bond motifs is 3. The lowest BCUT2D eigenvalue weighted by molar-refractivity contribution is 0.354. The number of rotatable bonds is 5. The Morgan fingerprint density at radius 1 is 1.18 bits per heavy atom. The first-order valence-electron chi connectivity index (χ1n) is 8.50. The second-order valence-corrected chi connectivity index (χ2v) is 6.90. The number of benzene rings is 2. The predicted molar refractivity (Wildman–Crippen MR) is 112 cm³/mol. The van der Waals surface area contributed by atoms with Crippen LogP contribution in [-0.4, -0.2) is 34.5 Å². The zero-order valence-electron chi connectivity index (χ0n) is 15.4. The minimum absolute atomic E-state index is 0.201. The van der Waals surface area contributed by atoms with Crippen LogP contribution in [0.5, 0.6) is 11.5 Å². The number of hydrogen-bond acceptors (Lipinski definition) is 5. The van der Waals surface area contributed by atoms with E-state index < -0.39 is 0 Å². The zero-order chi connectivity index (χ0) is 19.7. The van der Waals surface area contributed by atoms with Gasteiger partial charge in [0, 0.05) is 17.0 Å². The first kappa shape index (κ1) is 18.0. The summed E-state index contributed by atoms with van der Waals surface area (Å²) < 4.78 is 12.2. The topological polar surface area (TPSA) is 69.1 Å². The fourth-order valence-corrected chi connectivity index (χ4v) is 3.82. The molecule has 1 N–H and O–H groups in total. The monoisotopic (exact) mass is 391 g/mol. The number of aromatic nitrogens is 3. The van der Waals surface area contributed by atoms with Crippen LogP contribution >= 0.6 is 11.8 Å². The van der Waals surface area contributed by atoms with Gasteiger partial charge in [0.05, 0.1) is 25.7 Å². The van der Waals surface area contributed by atoms with Gasteiger partial charge in [-0.05, 0) is 18.2 Å². The van der Waals surface area contributed by atoms with Crippen molar-refractivity contribution in [2.24, 2.45) is 0 Å². The van der Waals surface area contributed by atoms with Crippen LogP contribution in [0.3, 0.4) is 0 Å². The van der Waals surface area contributed by atoms with Gasteiger partial charge in [0.1, 0.15) is 11.0 Å². The predicted octanol–water partition coefficient (Wildman–Crippen LogP) is 3.61. The number of hydrogen-bond donors (Lipinski definition) is 1. The first-order chi connectivity index (χ1) is 13.7. The summed E-state index contributed by atoms with van der Waals surface area (Å²) in [7, 11) is 3.12. The third-order valence-electron chi connectivity index (χ3n) is 4.40. The standard InChI is InChI=1S/C21H17N3O3S/c1-4-11-28-21-23-18-14-7-5-6-8-15(14)22-19(18)20(25)24(21)13-9-10-16(26-2)17(12-13)27-3/h1,5-10,12,22H,11H2,2-3H3. The van der Waals surface area contributed by atoms with E-state index in [-0.39, 0.29) is 5.56 Å². The van der Waals surface area contributed by atoms with E-state index in [0.717, 1.165) is 10.9 Å². The molecule has 0 unspecified atom stereocenters. The van der Waals surface area contributed by atoms with Crippen molar-refractivity contribution < 1.29 is 9.47 Å². The molecule has 0 spiro atoms. The Morgan fingerprint density at radius 3 is 2.71 bits per heavy atom. The van der Waals surface area contributed by atoms with E-state index >= 15 is 0 Å². The van der Waals surface area contributed by atoms with Crippen LogP contribution in [-0.2, 0) is 0 Å². The third-order valence-corrected chi connectivity index (χ3v) is 5.25. The van der Waals surface area contributed by atoms with Crippen molar-refractivity contribution in [2.75, 3.05) is 20.0 Å². The second-order valence-electron chi connectivity index (χ2n) is 5.96. The molecule has 0 fully saturated rings. The van der Waals surface area contributed by atoms with Crippen molar-refractivity contribution in [1.82, 2.24) is 14.5 Å². The van der Waals surface area contributed by atoms with Gasteiger partial charge >= 0.3 is 0 Å². The molecule has 0 aliphatic rings. The molecule has 4 aromatic rings. The number of aromatic amines is 1. The van der Waals surface area contributed by atoms with E-state index in [2.05, 4.69) is 10.9 Å². The van der Waals surface area contributed by atoms with E-state index in [4.69, 9.17) is 20.9 Å². The summed E-state index contributed by atoms with van der Waals surface area (Å²) in [5, 5.41) is 1.42. The largest absolute Gasteiger partial charge is 0.493 e. The summed E-state index contributed by atoms with van der Waals surface area (Å²) in [5.41, 5.74) is 2.36. The second kappa shape index (κ2) is 7.33. The van der Waals surface area contributed by atoms with Crippen LogP contribution in [0, 0.1) is 12.3 Å². The van der Waals surface area contributed by atoms with Gasteiger partial charge in [-0.2, -0.15) is 0 Å². The summed E-state index contributed by atoms with van der Waals surface area (Å²) in [4.78, 5) is 21.3. The van der Waals surface area contributed by atoms with Gasteiger partial charge in [-0.25, -0.2) is 4.98 Å². The number of para-hydroxylation sites is 1. The Bertz CT molecular complexity index is 1280. The van der Waals surface area contributed by atoms with E-state index in [0.29, 0.717) is 39.1 Å². The Hall–Kier alpha value is -3.37. The van der Waals surface area contributed by atoms with E-state index in [9.17, 15) is 4.79 Å². The van der Waals surface area contributed by atoms with Crippen molar-refractivity contribution in [1.29, 1.82) is 0 Å². The molecule has 0 aliphatic carbocycles. The maximum Gasteiger partial charge on any atom is 0.283 e. The quantitative estimate of drug-likeness (QED) is 0.320. The number of nitrogens with one attached hydrogen (secondary N) is 1. The molecule has 0 atom stereocenters. The van der Waals surface area contributed by atoms with Gasteiger partial charge in [0.15, 0.2) is 16.7 Å². The lowest BCUT2D eigenvalue weighted by Gasteiger charge is -2.14. The number of nitrogens with zero attached hydrogens (tertiary/aromatic N) is 2. The van der Waals surface area contributed by atoms with E-state index in [1.807, 2.05) is 24.3 Å². The van der Waals surface area contributed by atoms with Crippen LogP contribution in [0.25, 0.3) is 27.6 Å². The van der Waals surface area contributed by atoms with Crippen molar-refractivity contribution in [2.45, 2.75) is 5.16 Å². The molecule has 0 radical (unpaired) electrons. The van der Waals surface area contributed by atoms with Gasteiger partial charge in [0.2, 0.25) is 0 Å². The van der Waals surface area contributed by atoms with Crippen molar-refractivity contribution in [3.63, 3.8) is 0 Å². The first-order valence-corrected chi connectivity index (χ1v) is 9.48. The molecule has 2 aromatic carbocycles. The van der Waals surface area contributed by atoms with Crippen molar-refractivity contribution in [3.8, 4) is 29.5 Å². The maximum absolute atomic E-state index is 13.4. The average molecular weight is 391 g/mol. The molecule has 6 nitrogen and oxygen atoms in total. The SMILES string of the molecule is C#CCSc1nc2c([nH]c3ccccc32)c(=O)n1-c1ccc(OC)c(OC)c1. The van der Waals surface area contributed by atoms with Crippen molar-refractivity contribution in [3.05, 3.63) is 52.8 Å². The van der Waals surface area contributed by atoms with Gasteiger partial charge in [-0.1, -0.05) is 35.9 Å². The van der Waals surface area contributed by atoms with Crippen LogP contribution in [0.2, 0.25) is 0 Å². The molecule has 0 amide bonds. The van der Waals surface area contributed by atoms with Crippen LogP contribution in [0.15, 0.2) is 52.4 Å². The molecule has 140 valence electrons.